The number of rotatable bonds is 4. The minimum absolute atomic E-state index is 0.223. The Bertz CT molecular complexity index is 1110. The van der Waals surface area contributed by atoms with E-state index in [0.29, 0.717) is 38.9 Å². The highest BCUT2D eigenvalue weighted by atomic mass is 35.5. The van der Waals surface area contributed by atoms with Crippen LogP contribution < -0.4 is 4.74 Å². The summed E-state index contributed by atoms with van der Waals surface area (Å²) in [5.74, 6) is 0.468. The molecule has 0 amide bonds. The maximum atomic E-state index is 11.6. The van der Waals surface area contributed by atoms with Gasteiger partial charge in [0.2, 0.25) is 0 Å². The highest BCUT2D eigenvalue weighted by molar-refractivity contribution is 7.90. The Hall–Kier alpha value is -2.82. The zero-order chi connectivity index (χ0) is 18.9. The van der Waals surface area contributed by atoms with Gasteiger partial charge in [-0.15, -0.1) is 0 Å². The van der Waals surface area contributed by atoms with Gasteiger partial charge >= 0.3 is 0 Å². The van der Waals surface area contributed by atoms with Crippen LogP contribution in [0.3, 0.4) is 0 Å². The first-order valence-electron chi connectivity index (χ1n) is 7.48. The summed E-state index contributed by atoms with van der Waals surface area (Å²) >= 11 is 6.27. The lowest BCUT2D eigenvalue weighted by molar-refractivity contribution is 0.413. The molecule has 26 heavy (non-hydrogen) atoms. The number of aromatic amines is 1. The first kappa shape index (κ1) is 18.0. The number of nitrogens with zero attached hydrogens (tertiary/aromatic N) is 2. The summed E-state index contributed by atoms with van der Waals surface area (Å²) in [6, 6.07) is 13.6. The Morgan fingerprint density at radius 1 is 1.15 bits per heavy atom. The SMILES string of the molecule is COc1ccc(-c2c(-c3ccc(S(C)(=O)=O)cc3)n[nH]c2Cl)cc1C#N. The molecule has 0 aliphatic carbocycles. The molecule has 132 valence electrons. The van der Waals surface area contributed by atoms with Gasteiger partial charge in [0.05, 0.1) is 17.6 Å². The summed E-state index contributed by atoms with van der Waals surface area (Å²) in [6.07, 6.45) is 1.15. The second kappa shape index (κ2) is 6.83. The number of hydrogen-bond acceptors (Lipinski definition) is 5. The van der Waals surface area contributed by atoms with E-state index in [-0.39, 0.29) is 4.90 Å². The molecule has 0 spiro atoms. The molecule has 0 aliphatic heterocycles. The summed E-state index contributed by atoms with van der Waals surface area (Å²) in [5, 5.41) is 16.6. The molecule has 0 bridgehead atoms. The monoisotopic (exact) mass is 387 g/mol. The van der Waals surface area contributed by atoms with Crippen molar-refractivity contribution in [3.8, 4) is 34.2 Å². The van der Waals surface area contributed by atoms with Gasteiger partial charge in [0.25, 0.3) is 0 Å². The van der Waals surface area contributed by atoms with Gasteiger partial charge < -0.3 is 4.74 Å². The fraction of sp³-hybridized carbons (Fsp3) is 0.111. The molecule has 6 nitrogen and oxygen atoms in total. The molecule has 8 heteroatoms. The number of halogens is 1. The van der Waals surface area contributed by atoms with Crippen LogP contribution in [0.5, 0.6) is 5.75 Å². The lowest BCUT2D eigenvalue weighted by atomic mass is 10.00. The van der Waals surface area contributed by atoms with Crippen LogP contribution in [-0.4, -0.2) is 32.0 Å². The first-order valence-corrected chi connectivity index (χ1v) is 9.75. The number of ether oxygens (including phenoxy) is 1. The second-order valence-corrected chi connectivity index (χ2v) is 7.98. The highest BCUT2D eigenvalue weighted by Gasteiger charge is 2.18. The number of aromatic nitrogens is 2. The zero-order valence-electron chi connectivity index (χ0n) is 13.9. The molecule has 3 aromatic rings. The predicted molar refractivity (Wildman–Crippen MR) is 98.8 cm³/mol. The van der Waals surface area contributed by atoms with Crippen molar-refractivity contribution in [2.24, 2.45) is 0 Å². The van der Waals surface area contributed by atoms with Gasteiger partial charge in [-0.25, -0.2) is 8.42 Å². The second-order valence-electron chi connectivity index (χ2n) is 5.58. The number of nitriles is 1. The quantitative estimate of drug-likeness (QED) is 0.736. The van der Waals surface area contributed by atoms with Crippen molar-refractivity contribution in [2.45, 2.75) is 4.90 Å². The number of benzene rings is 2. The van der Waals surface area contributed by atoms with E-state index in [1.54, 1.807) is 30.3 Å². The molecular weight excluding hydrogens is 374 g/mol. The Morgan fingerprint density at radius 2 is 1.81 bits per heavy atom. The Balaban J connectivity index is 2.12. The molecule has 0 saturated heterocycles. The third kappa shape index (κ3) is 3.29. The molecule has 1 aromatic heterocycles. The van der Waals surface area contributed by atoms with Crippen LogP contribution in [0.4, 0.5) is 0 Å². The number of nitrogens with one attached hydrogen (secondary N) is 1. The third-order valence-electron chi connectivity index (χ3n) is 3.89. The number of sulfone groups is 1. The average molecular weight is 388 g/mol. The summed E-state index contributed by atoms with van der Waals surface area (Å²) in [6.45, 7) is 0. The Kier molecular flexibility index (Phi) is 4.72. The van der Waals surface area contributed by atoms with Crippen molar-refractivity contribution in [2.75, 3.05) is 13.4 Å². The van der Waals surface area contributed by atoms with Crippen LogP contribution in [0.15, 0.2) is 47.4 Å². The van der Waals surface area contributed by atoms with Crippen molar-refractivity contribution in [1.29, 1.82) is 5.26 Å². The summed E-state index contributed by atoms with van der Waals surface area (Å²) < 4.78 is 28.4. The molecule has 0 radical (unpaired) electrons. The molecular formula is C18H14ClN3O3S. The van der Waals surface area contributed by atoms with Gasteiger partial charge in [-0.2, -0.15) is 10.4 Å². The van der Waals surface area contributed by atoms with Crippen molar-refractivity contribution >= 4 is 21.4 Å². The van der Waals surface area contributed by atoms with Gasteiger partial charge in [-0.05, 0) is 29.8 Å². The van der Waals surface area contributed by atoms with E-state index in [4.69, 9.17) is 16.3 Å². The first-order chi connectivity index (χ1) is 12.3. The average Bonchev–Trinajstić information content (AvgIpc) is 3.02. The number of methoxy groups -OCH3 is 1. The van der Waals surface area contributed by atoms with Gasteiger partial charge in [-0.1, -0.05) is 29.8 Å². The van der Waals surface area contributed by atoms with Crippen molar-refractivity contribution < 1.29 is 13.2 Å². The fourth-order valence-electron chi connectivity index (χ4n) is 2.60. The molecule has 1 N–H and O–H groups in total. The summed E-state index contributed by atoms with van der Waals surface area (Å²) in [7, 11) is -1.78. The highest BCUT2D eigenvalue weighted by Crippen LogP contribution is 2.37. The molecule has 0 aliphatic rings. The van der Waals surface area contributed by atoms with E-state index < -0.39 is 9.84 Å². The minimum atomic E-state index is -3.28. The van der Waals surface area contributed by atoms with E-state index in [0.717, 1.165) is 6.26 Å². The van der Waals surface area contributed by atoms with Crippen LogP contribution in [0.25, 0.3) is 22.4 Å². The molecule has 3 rings (SSSR count). The summed E-state index contributed by atoms with van der Waals surface area (Å²) in [5.41, 5.74) is 2.95. The lowest BCUT2D eigenvalue weighted by Crippen LogP contribution is -1.96. The van der Waals surface area contributed by atoms with E-state index in [2.05, 4.69) is 16.3 Å². The van der Waals surface area contributed by atoms with Gasteiger partial charge in [-0.3, -0.25) is 5.10 Å². The van der Waals surface area contributed by atoms with Gasteiger partial charge in [0.15, 0.2) is 9.84 Å². The van der Waals surface area contributed by atoms with Crippen molar-refractivity contribution in [1.82, 2.24) is 10.2 Å². The topological polar surface area (TPSA) is 95.8 Å². The zero-order valence-corrected chi connectivity index (χ0v) is 15.5. The van der Waals surface area contributed by atoms with Crippen LogP contribution >= 0.6 is 11.6 Å². The number of H-pyrrole nitrogens is 1. The smallest absolute Gasteiger partial charge is 0.175 e. The molecule has 0 saturated carbocycles. The largest absolute Gasteiger partial charge is 0.495 e. The fourth-order valence-corrected chi connectivity index (χ4v) is 3.48. The maximum Gasteiger partial charge on any atom is 0.175 e. The Labute approximate surface area is 155 Å². The molecule has 2 aromatic carbocycles. The van der Waals surface area contributed by atoms with E-state index >= 15 is 0 Å². The molecule has 1 heterocycles. The minimum Gasteiger partial charge on any atom is -0.495 e. The number of hydrogen-bond donors (Lipinski definition) is 1. The lowest BCUT2D eigenvalue weighted by Gasteiger charge is -2.08. The van der Waals surface area contributed by atoms with Crippen LogP contribution in [0.2, 0.25) is 5.15 Å². The van der Waals surface area contributed by atoms with E-state index in [1.807, 2.05) is 0 Å². The van der Waals surface area contributed by atoms with E-state index in [1.165, 1.54) is 19.2 Å². The van der Waals surface area contributed by atoms with Gasteiger partial charge in [0.1, 0.15) is 22.7 Å². The van der Waals surface area contributed by atoms with Crippen molar-refractivity contribution in [3.63, 3.8) is 0 Å². The normalized spacial score (nSPS) is 11.2. The van der Waals surface area contributed by atoms with Crippen LogP contribution in [0.1, 0.15) is 5.56 Å². The molecule has 0 fully saturated rings. The Morgan fingerprint density at radius 3 is 2.38 bits per heavy atom. The predicted octanol–water partition coefficient (Wildman–Crippen LogP) is 3.68. The standard InChI is InChI=1S/C18H14ClN3O3S/c1-25-15-8-5-12(9-13(15)10-20)16-17(21-22-18(16)19)11-3-6-14(7-4-11)26(2,23)24/h3-9H,1-2H3,(H,21,22). The van der Waals surface area contributed by atoms with E-state index in [9.17, 15) is 13.7 Å². The van der Waals surface area contributed by atoms with Crippen LogP contribution in [-0.2, 0) is 9.84 Å². The van der Waals surface area contributed by atoms with Crippen LogP contribution in [0, 0.1) is 11.3 Å². The molecule has 0 unspecified atom stereocenters. The van der Waals surface area contributed by atoms with Gasteiger partial charge in [0, 0.05) is 17.4 Å². The summed E-state index contributed by atoms with van der Waals surface area (Å²) in [4.78, 5) is 0.223. The molecule has 0 atom stereocenters. The maximum absolute atomic E-state index is 11.6. The van der Waals surface area contributed by atoms with Crippen molar-refractivity contribution in [3.05, 3.63) is 53.2 Å². The third-order valence-corrected chi connectivity index (χ3v) is 5.29.